The zero-order chi connectivity index (χ0) is 24.6. The predicted molar refractivity (Wildman–Crippen MR) is 138 cm³/mol. The van der Waals surface area contributed by atoms with Gasteiger partial charge in [0.25, 0.3) is 0 Å². The Morgan fingerprint density at radius 3 is 2.43 bits per heavy atom. The van der Waals surface area contributed by atoms with Crippen LogP contribution in [0, 0.1) is 0 Å². The first-order valence-corrected chi connectivity index (χ1v) is 13.1. The molecule has 0 spiro atoms. The Morgan fingerprint density at radius 2 is 1.63 bits per heavy atom. The molecule has 2 aliphatic heterocycles. The van der Waals surface area contributed by atoms with Crippen LogP contribution in [-0.2, 0) is 22.6 Å². The van der Waals surface area contributed by atoms with Crippen LogP contribution in [-0.4, -0.2) is 43.0 Å². The van der Waals surface area contributed by atoms with E-state index in [1.165, 1.54) is 0 Å². The molecule has 0 atom stereocenters. The van der Waals surface area contributed by atoms with Crippen molar-refractivity contribution in [3.05, 3.63) is 52.5 Å². The second kappa shape index (κ2) is 12.3. The largest absolute Gasteiger partial charge is 0.489 e. The second-order valence-corrected chi connectivity index (χ2v) is 9.78. The number of ether oxygens (including phenoxy) is 2. The van der Waals surface area contributed by atoms with Crippen molar-refractivity contribution in [2.24, 2.45) is 0 Å². The predicted octanol–water partition coefficient (Wildman–Crippen LogP) is 5.78. The topological polar surface area (TPSA) is 59.1 Å². The number of amides is 2. The van der Waals surface area contributed by atoms with Crippen molar-refractivity contribution in [3.63, 3.8) is 0 Å². The molecule has 7 heteroatoms. The Morgan fingerprint density at radius 1 is 0.914 bits per heavy atom. The van der Waals surface area contributed by atoms with Gasteiger partial charge in [-0.25, -0.2) is 0 Å². The SMILES string of the molecule is CC(=O)N1CCCCCCCCN(C(=O)Cc2cc(Cl)c3c(c2)OCCCO3)Cc2ccccc21. The van der Waals surface area contributed by atoms with Crippen LogP contribution < -0.4 is 14.4 Å². The lowest BCUT2D eigenvalue weighted by atomic mass is 10.1. The normalized spacial score (nSPS) is 17.3. The van der Waals surface area contributed by atoms with Gasteiger partial charge in [0, 0.05) is 38.7 Å². The van der Waals surface area contributed by atoms with E-state index < -0.39 is 0 Å². The average Bonchev–Trinajstić information content (AvgIpc) is 3.07. The van der Waals surface area contributed by atoms with Crippen molar-refractivity contribution in [2.75, 3.05) is 31.2 Å². The summed E-state index contributed by atoms with van der Waals surface area (Å²) in [5, 5.41) is 0.472. The molecule has 2 aromatic carbocycles. The van der Waals surface area contributed by atoms with Gasteiger partial charge in [-0.15, -0.1) is 0 Å². The number of hydrogen-bond donors (Lipinski definition) is 0. The number of halogens is 1. The van der Waals surface area contributed by atoms with Crippen molar-refractivity contribution >= 4 is 29.1 Å². The van der Waals surface area contributed by atoms with E-state index in [9.17, 15) is 9.59 Å². The van der Waals surface area contributed by atoms with Crippen molar-refractivity contribution in [1.29, 1.82) is 0 Å². The second-order valence-electron chi connectivity index (χ2n) is 9.37. The standard InChI is InChI=1S/C28H35ClN2O4/c1-21(32)31-14-9-5-3-2-4-8-13-30(20-23-11-6-7-12-25(23)31)27(33)19-22-17-24(29)28-26(18-22)34-15-10-16-35-28/h6-7,11-12,17-18H,2-5,8-10,13-16,19-20H2,1H3. The molecule has 35 heavy (non-hydrogen) atoms. The van der Waals surface area contributed by atoms with Crippen LogP contribution in [0.4, 0.5) is 5.69 Å². The van der Waals surface area contributed by atoms with Gasteiger partial charge in [0.15, 0.2) is 11.5 Å². The van der Waals surface area contributed by atoms with E-state index in [1.807, 2.05) is 40.1 Å². The van der Waals surface area contributed by atoms with Gasteiger partial charge in [0.2, 0.25) is 11.8 Å². The van der Waals surface area contributed by atoms with Crippen LogP contribution >= 0.6 is 11.6 Å². The third kappa shape index (κ3) is 6.69. The third-order valence-corrected chi connectivity index (χ3v) is 6.93. The molecule has 2 amide bonds. The summed E-state index contributed by atoms with van der Waals surface area (Å²) in [5.74, 6) is 1.23. The molecule has 0 aromatic heterocycles. The van der Waals surface area contributed by atoms with Crippen LogP contribution in [0.3, 0.4) is 0 Å². The number of carbonyl (C=O) groups is 2. The van der Waals surface area contributed by atoms with Crippen molar-refractivity contribution < 1.29 is 19.1 Å². The summed E-state index contributed by atoms with van der Waals surface area (Å²) in [5.41, 5.74) is 2.70. The fourth-order valence-corrected chi connectivity index (χ4v) is 5.09. The van der Waals surface area contributed by atoms with Crippen molar-refractivity contribution in [2.45, 2.75) is 64.8 Å². The van der Waals surface area contributed by atoms with Gasteiger partial charge >= 0.3 is 0 Å². The van der Waals surface area contributed by atoms with Gasteiger partial charge < -0.3 is 19.3 Å². The molecular weight excluding hydrogens is 464 g/mol. The summed E-state index contributed by atoms with van der Waals surface area (Å²) in [6.07, 6.45) is 7.48. The zero-order valence-corrected chi connectivity index (χ0v) is 21.3. The van der Waals surface area contributed by atoms with E-state index in [0.717, 1.165) is 61.8 Å². The minimum atomic E-state index is 0.0343. The molecule has 0 radical (unpaired) electrons. The van der Waals surface area contributed by atoms with E-state index in [-0.39, 0.29) is 18.2 Å². The highest BCUT2D eigenvalue weighted by molar-refractivity contribution is 6.32. The Balaban J connectivity index is 1.58. The number of benzene rings is 2. The first-order chi connectivity index (χ1) is 17.0. The Kier molecular flexibility index (Phi) is 8.91. The lowest BCUT2D eigenvalue weighted by Gasteiger charge is -2.28. The lowest BCUT2D eigenvalue weighted by Crippen LogP contribution is -2.35. The summed E-state index contributed by atoms with van der Waals surface area (Å²) < 4.78 is 11.5. The maximum atomic E-state index is 13.6. The van der Waals surface area contributed by atoms with Gasteiger partial charge in [-0.2, -0.15) is 0 Å². The van der Waals surface area contributed by atoms with Crippen LogP contribution in [0.2, 0.25) is 5.02 Å². The molecule has 0 saturated carbocycles. The Labute approximate surface area is 213 Å². The van der Waals surface area contributed by atoms with E-state index >= 15 is 0 Å². The van der Waals surface area contributed by atoms with Gasteiger partial charge in [-0.05, 0) is 42.2 Å². The highest BCUT2D eigenvalue weighted by Crippen LogP contribution is 2.38. The van der Waals surface area contributed by atoms with Crippen LogP contribution in [0.5, 0.6) is 11.5 Å². The quantitative estimate of drug-likeness (QED) is 0.526. The molecule has 0 bridgehead atoms. The first kappa shape index (κ1) is 25.4. The maximum absolute atomic E-state index is 13.6. The van der Waals surface area contributed by atoms with Gasteiger partial charge in [-0.3, -0.25) is 9.59 Å². The molecule has 188 valence electrons. The molecule has 2 aromatic rings. The maximum Gasteiger partial charge on any atom is 0.227 e. The fourth-order valence-electron chi connectivity index (χ4n) is 4.81. The number of fused-ring (bicyclic) bond motifs is 2. The molecule has 6 nitrogen and oxygen atoms in total. The molecule has 2 heterocycles. The van der Waals surface area contributed by atoms with Crippen LogP contribution in [0.25, 0.3) is 0 Å². The highest BCUT2D eigenvalue weighted by atomic mass is 35.5. The van der Waals surface area contributed by atoms with Crippen molar-refractivity contribution in [1.82, 2.24) is 4.90 Å². The van der Waals surface area contributed by atoms with Crippen LogP contribution in [0.15, 0.2) is 36.4 Å². The number of hydrogen-bond acceptors (Lipinski definition) is 4. The molecule has 0 N–H and O–H groups in total. The fraction of sp³-hybridized carbons (Fsp3) is 0.500. The molecule has 0 aliphatic carbocycles. The number of rotatable bonds is 2. The van der Waals surface area contributed by atoms with E-state index in [0.29, 0.717) is 49.4 Å². The molecule has 2 aliphatic rings. The average molecular weight is 499 g/mol. The molecule has 0 unspecified atom stereocenters. The van der Waals surface area contributed by atoms with Gasteiger partial charge in [0.1, 0.15) is 0 Å². The minimum Gasteiger partial charge on any atom is -0.489 e. The number of para-hydroxylation sites is 1. The lowest BCUT2D eigenvalue weighted by molar-refractivity contribution is -0.131. The van der Waals surface area contributed by atoms with E-state index in [4.69, 9.17) is 21.1 Å². The summed E-state index contributed by atoms with van der Waals surface area (Å²) in [6, 6.07) is 11.6. The van der Waals surface area contributed by atoms with Gasteiger partial charge in [0.05, 0.1) is 24.7 Å². The Bertz CT molecular complexity index is 1040. The van der Waals surface area contributed by atoms with Gasteiger partial charge in [-0.1, -0.05) is 55.5 Å². The number of nitrogens with zero attached hydrogens (tertiary/aromatic N) is 2. The van der Waals surface area contributed by atoms with E-state index in [2.05, 4.69) is 0 Å². The number of carbonyl (C=O) groups excluding carboxylic acids is 2. The van der Waals surface area contributed by atoms with Crippen molar-refractivity contribution in [3.8, 4) is 11.5 Å². The number of anilines is 1. The zero-order valence-electron chi connectivity index (χ0n) is 20.6. The molecule has 4 rings (SSSR count). The summed E-state index contributed by atoms with van der Waals surface area (Å²) in [6.45, 7) is 4.61. The highest BCUT2D eigenvalue weighted by Gasteiger charge is 2.22. The summed E-state index contributed by atoms with van der Waals surface area (Å²) >= 11 is 6.47. The molecular formula is C28H35ClN2O4. The van der Waals surface area contributed by atoms with Crippen LogP contribution in [0.1, 0.15) is 63.0 Å². The smallest absolute Gasteiger partial charge is 0.227 e. The first-order valence-electron chi connectivity index (χ1n) is 12.7. The third-order valence-electron chi connectivity index (χ3n) is 6.65. The molecule has 0 saturated heterocycles. The Hall–Kier alpha value is -2.73. The summed E-state index contributed by atoms with van der Waals surface area (Å²) in [7, 11) is 0. The monoisotopic (exact) mass is 498 g/mol. The van der Waals surface area contributed by atoms with E-state index in [1.54, 1.807) is 13.0 Å². The minimum absolute atomic E-state index is 0.0343. The summed E-state index contributed by atoms with van der Waals surface area (Å²) in [4.78, 5) is 29.8. The molecule has 0 fully saturated rings.